The van der Waals surface area contributed by atoms with Crippen molar-refractivity contribution in [2.24, 2.45) is 0 Å². The van der Waals surface area contributed by atoms with E-state index in [0.29, 0.717) is 0 Å². The summed E-state index contributed by atoms with van der Waals surface area (Å²) >= 11 is 0. The summed E-state index contributed by atoms with van der Waals surface area (Å²) in [6.45, 7) is 0. The van der Waals surface area contributed by atoms with E-state index in [1.54, 1.807) is 6.20 Å². The van der Waals surface area contributed by atoms with Crippen molar-refractivity contribution in [1.29, 1.82) is 0 Å². The van der Waals surface area contributed by atoms with Crippen LogP contribution >= 0.6 is 0 Å². The van der Waals surface area contributed by atoms with Gasteiger partial charge in [0.25, 0.3) is 0 Å². The van der Waals surface area contributed by atoms with Crippen molar-refractivity contribution in [3.63, 3.8) is 0 Å². The quantitative estimate of drug-likeness (QED) is 0.671. The Morgan fingerprint density at radius 1 is 0.611 bits per heavy atom. The average Bonchev–Trinajstić information content (AvgIpc) is 2.49. The summed E-state index contributed by atoms with van der Waals surface area (Å²) in [7, 11) is 0. The molecule has 1 heterocycles. The monoisotopic (exact) mass is 232 g/mol. The van der Waals surface area contributed by atoms with Gasteiger partial charge in [-0.25, -0.2) is 0 Å². The standard InChI is InChI=1S/C16H12N2/c1-2-6-13(7-3-1)14-8-4-9-15(12-14)16-10-5-11-17-18-16/h1-12H. The third kappa shape index (κ3) is 2.13. The lowest BCUT2D eigenvalue weighted by Crippen LogP contribution is -1.86. The third-order valence-electron chi connectivity index (χ3n) is 2.84. The summed E-state index contributed by atoms with van der Waals surface area (Å²) in [6.07, 6.45) is 1.69. The van der Waals surface area contributed by atoms with Gasteiger partial charge in [-0.1, -0.05) is 48.5 Å². The zero-order chi connectivity index (χ0) is 12.2. The van der Waals surface area contributed by atoms with Crippen molar-refractivity contribution in [3.05, 3.63) is 72.9 Å². The largest absolute Gasteiger partial charge is 0.159 e. The molecule has 0 saturated heterocycles. The van der Waals surface area contributed by atoms with E-state index in [9.17, 15) is 0 Å². The van der Waals surface area contributed by atoms with Gasteiger partial charge in [0.2, 0.25) is 0 Å². The van der Waals surface area contributed by atoms with Crippen LogP contribution in [0.15, 0.2) is 72.9 Å². The van der Waals surface area contributed by atoms with Crippen LogP contribution in [0.3, 0.4) is 0 Å². The molecule has 0 unspecified atom stereocenters. The van der Waals surface area contributed by atoms with Crippen LogP contribution in [-0.2, 0) is 0 Å². The predicted octanol–water partition coefficient (Wildman–Crippen LogP) is 3.81. The highest BCUT2D eigenvalue weighted by atomic mass is 15.1. The molecule has 0 aliphatic heterocycles. The molecule has 2 heteroatoms. The highest BCUT2D eigenvalue weighted by molar-refractivity contribution is 5.71. The minimum absolute atomic E-state index is 0.898. The molecule has 86 valence electrons. The first-order chi connectivity index (χ1) is 8.93. The highest BCUT2D eigenvalue weighted by Crippen LogP contribution is 2.24. The van der Waals surface area contributed by atoms with E-state index < -0.39 is 0 Å². The van der Waals surface area contributed by atoms with Crippen molar-refractivity contribution < 1.29 is 0 Å². The molecule has 0 N–H and O–H groups in total. The maximum Gasteiger partial charge on any atom is 0.0929 e. The fraction of sp³-hybridized carbons (Fsp3) is 0. The Bertz CT molecular complexity index is 579. The van der Waals surface area contributed by atoms with E-state index >= 15 is 0 Å². The number of benzene rings is 2. The molecule has 0 fully saturated rings. The number of rotatable bonds is 2. The van der Waals surface area contributed by atoms with Crippen molar-refractivity contribution in [1.82, 2.24) is 10.2 Å². The average molecular weight is 232 g/mol. The fourth-order valence-electron chi connectivity index (χ4n) is 1.94. The van der Waals surface area contributed by atoms with Gasteiger partial charge in [-0.2, -0.15) is 10.2 Å². The normalized spacial score (nSPS) is 10.2. The summed E-state index contributed by atoms with van der Waals surface area (Å²) in [6, 6.07) is 22.5. The second kappa shape index (κ2) is 4.80. The van der Waals surface area contributed by atoms with Crippen LogP contribution in [0, 0.1) is 0 Å². The lowest BCUT2D eigenvalue weighted by atomic mass is 10.0. The minimum atomic E-state index is 0.898. The fourth-order valence-corrected chi connectivity index (χ4v) is 1.94. The first-order valence-electron chi connectivity index (χ1n) is 5.87. The molecule has 0 saturated carbocycles. The summed E-state index contributed by atoms with van der Waals surface area (Å²) in [4.78, 5) is 0. The van der Waals surface area contributed by atoms with Gasteiger partial charge in [-0.3, -0.25) is 0 Å². The third-order valence-corrected chi connectivity index (χ3v) is 2.84. The summed E-state index contributed by atoms with van der Waals surface area (Å²) in [5, 5.41) is 8.05. The molecule has 18 heavy (non-hydrogen) atoms. The summed E-state index contributed by atoms with van der Waals surface area (Å²) < 4.78 is 0. The number of hydrogen-bond donors (Lipinski definition) is 0. The lowest BCUT2D eigenvalue weighted by molar-refractivity contribution is 1.04. The molecule has 0 bridgehead atoms. The van der Waals surface area contributed by atoms with E-state index in [0.717, 1.165) is 11.3 Å². The molecule has 0 spiro atoms. The van der Waals surface area contributed by atoms with Crippen molar-refractivity contribution in [3.8, 4) is 22.4 Å². The Kier molecular flexibility index (Phi) is 2.84. The molecule has 2 nitrogen and oxygen atoms in total. The SMILES string of the molecule is c1ccc(-c2cccc(-c3cccnn3)c2)cc1. The molecule has 0 aliphatic rings. The van der Waals surface area contributed by atoms with E-state index in [-0.39, 0.29) is 0 Å². The molecule has 3 aromatic rings. The summed E-state index contributed by atoms with van der Waals surface area (Å²) in [5.74, 6) is 0. The van der Waals surface area contributed by atoms with Gasteiger partial charge in [-0.05, 0) is 29.3 Å². The van der Waals surface area contributed by atoms with E-state index in [1.807, 2.05) is 36.4 Å². The zero-order valence-electron chi connectivity index (χ0n) is 9.82. The topological polar surface area (TPSA) is 25.8 Å². The second-order valence-electron chi connectivity index (χ2n) is 4.06. The van der Waals surface area contributed by atoms with E-state index in [1.165, 1.54) is 11.1 Å². The van der Waals surface area contributed by atoms with Gasteiger partial charge < -0.3 is 0 Å². The van der Waals surface area contributed by atoms with Crippen LogP contribution in [-0.4, -0.2) is 10.2 Å². The predicted molar refractivity (Wildman–Crippen MR) is 72.9 cm³/mol. The van der Waals surface area contributed by atoms with Crippen LogP contribution < -0.4 is 0 Å². The summed E-state index contributed by atoms with van der Waals surface area (Å²) in [5.41, 5.74) is 4.39. The molecule has 1 aromatic heterocycles. The van der Waals surface area contributed by atoms with Gasteiger partial charge in [0, 0.05) is 11.8 Å². The molecular weight excluding hydrogens is 220 g/mol. The maximum absolute atomic E-state index is 4.13. The van der Waals surface area contributed by atoms with Gasteiger partial charge in [0.15, 0.2) is 0 Å². The smallest absolute Gasteiger partial charge is 0.0929 e. The van der Waals surface area contributed by atoms with Crippen molar-refractivity contribution >= 4 is 0 Å². The number of hydrogen-bond acceptors (Lipinski definition) is 2. The number of aromatic nitrogens is 2. The molecule has 3 rings (SSSR count). The molecule has 0 aliphatic carbocycles. The van der Waals surface area contributed by atoms with Crippen molar-refractivity contribution in [2.75, 3.05) is 0 Å². The van der Waals surface area contributed by atoms with Crippen molar-refractivity contribution in [2.45, 2.75) is 0 Å². The lowest BCUT2D eigenvalue weighted by Gasteiger charge is -2.04. The molecule has 0 radical (unpaired) electrons. The first-order valence-corrected chi connectivity index (χ1v) is 5.87. The van der Waals surface area contributed by atoms with Gasteiger partial charge in [0.05, 0.1) is 5.69 Å². The van der Waals surface area contributed by atoms with Gasteiger partial charge in [0.1, 0.15) is 0 Å². The first kappa shape index (κ1) is 10.7. The Morgan fingerprint density at radius 2 is 1.39 bits per heavy atom. The van der Waals surface area contributed by atoms with Crippen LogP contribution in [0.4, 0.5) is 0 Å². The molecule has 0 amide bonds. The Labute approximate surface area is 106 Å². The second-order valence-corrected chi connectivity index (χ2v) is 4.06. The molecular formula is C16H12N2. The highest BCUT2D eigenvalue weighted by Gasteiger charge is 2.01. The van der Waals surface area contributed by atoms with E-state index in [4.69, 9.17) is 0 Å². The number of nitrogens with zero attached hydrogens (tertiary/aromatic N) is 2. The van der Waals surface area contributed by atoms with Crippen LogP contribution in [0.2, 0.25) is 0 Å². The molecule has 0 atom stereocenters. The van der Waals surface area contributed by atoms with Gasteiger partial charge >= 0.3 is 0 Å². The van der Waals surface area contributed by atoms with E-state index in [2.05, 4.69) is 40.5 Å². The van der Waals surface area contributed by atoms with Gasteiger partial charge in [-0.15, -0.1) is 0 Å². The molecule has 2 aromatic carbocycles. The van der Waals surface area contributed by atoms with Crippen LogP contribution in [0.5, 0.6) is 0 Å². The Hall–Kier alpha value is -2.48. The van der Waals surface area contributed by atoms with Crippen LogP contribution in [0.25, 0.3) is 22.4 Å². The Morgan fingerprint density at radius 3 is 2.17 bits per heavy atom. The zero-order valence-corrected chi connectivity index (χ0v) is 9.82. The minimum Gasteiger partial charge on any atom is -0.159 e. The Balaban J connectivity index is 2.05. The van der Waals surface area contributed by atoms with Crippen LogP contribution in [0.1, 0.15) is 0 Å². The maximum atomic E-state index is 4.13.